The maximum Gasteiger partial charge on any atom is 0.325 e. The second kappa shape index (κ2) is 9.18. The van der Waals surface area contributed by atoms with Gasteiger partial charge in [0.05, 0.1) is 6.54 Å². The Bertz CT molecular complexity index is 1360. The van der Waals surface area contributed by atoms with E-state index in [4.69, 9.17) is 9.47 Å². The Hall–Kier alpha value is -4.66. The number of hydrogen-bond acceptors (Lipinski definition) is 6. The molecule has 2 N–H and O–H groups in total. The molecular formula is C27H23N3O6. The Morgan fingerprint density at radius 1 is 0.944 bits per heavy atom. The predicted octanol–water partition coefficient (Wildman–Crippen LogP) is 3.40. The van der Waals surface area contributed by atoms with Gasteiger partial charge in [-0.25, -0.2) is 4.79 Å². The Morgan fingerprint density at radius 2 is 1.67 bits per heavy atom. The molecule has 9 heteroatoms. The quantitative estimate of drug-likeness (QED) is 0.392. The van der Waals surface area contributed by atoms with Crippen LogP contribution in [0.4, 0.5) is 10.5 Å². The first-order valence-electron chi connectivity index (χ1n) is 11.3. The zero-order valence-corrected chi connectivity index (χ0v) is 19.4. The molecule has 5 rings (SSSR count). The van der Waals surface area contributed by atoms with Crippen molar-refractivity contribution in [3.63, 3.8) is 0 Å². The van der Waals surface area contributed by atoms with Gasteiger partial charge in [-0.1, -0.05) is 24.3 Å². The Balaban J connectivity index is 1.23. The number of Topliss-reactive ketones (excluding diaryl/α,β-unsaturated/α-hetero) is 1. The average molecular weight is 485 g/mol. The number of amides is 4. The summed E-state index contributed by atoms with van der Waals surface area (Å²) in [7, 11) is 0. The Kier molecular flexibility index (Phi) is 5.89. The monoisotopic (exact) mass is 485 g/mol. The molecule has 0 spiro atoms. The van der Waals surface area contributed by atoms with Crippen LogP contribution in [0.25, 0.3) is 0 Å². The highest BCUT2D eigenvalue weighted by molar-refractivity contribution is 6.11. The van der Waals surface area contributed by atoms with Crippen LogP contribution in [0.2, 0.25) is 0 Å². The maximum absolute atomic E-state index is 13.1. The highest BCUT2D eigenvalue weighted by Gasteiger charge is 2.48. The van der Waals surface area contributed by atoms with Crippen LogP contribution in [-0.4, -0.2) is 47.4 Å². The summed E-state index contributed by atoms with van der Waals surface area (Å²) < 4.78 is 10.7. The number of ketones is 1. The molecule has 182 valence electrons. The largest absolute Gasteiger partial charge is 0.454 e. The van der Waals surface area contributed by atoms with E-state index < -0.39 is 29.8 Å². The normalized spacial score (nSPS) is 18.2. The lowest BCUT2D eigenvalue weighted by atomic mass is 9.92. The van der Waals surface area contributed by atoms with E-state index in [2.05, 4.69) is 10.6 Å². The minimum absolute atomic E-state index is 0.141. The van der Waals surface area contributed by atoms with Gasteiger partial charge in [0.25, 0.3) is 11.8 Å². The van der Waals surface area contributed by atoms with E-state index >= 15 is 0 Å². The van der Waals surface area contributed by atoms with Gasteiger partial charge in [0.1, 0.15) is 5.54 Å². The summed E-state index contributed by atoms with van der Waals surface area (Å²) in [5.41, 5.74) is 0.942. The molecule has 2 heterocycles. The summed E-state index contributed by atoms with van der Waals surface area (Å²) in [5, 5.41) is 5.48. The summed E-state index contributed by atoms with van der Waals surface area (Å²) in [5.74, 6) is 0.0691. The van der Waals surface area contributed by atoms with Crippen molar-refractivity contribution in [3.05, 3.63) is 89.5 Å². The number of nitrogens with one attached hydrogen (secondary N) is 2. The number of hydrogen-bond donors (Lipinski definition) is 2. The first-order valence-corrected chi connectivity index (χ1v) is 11.3. The topological polar surface area (TPSA) is 114 Å². The first kappa shape index (κ1) is 23.1. The number of carbonyl (C=O) groups excluding carboxylic acids is 4. The van der Waals surface area contributed by atoms with Gasteiger partial charge in [-0.05, 0) is 61.0 Å². The van der Waals surface area contributed by atoms with Gasteiger partial charge in [0, 0.05) is 23.2 Å². The van der Waals surface area contributed by atoms with E-state index in [1.807, 2.05) is 12.1 Å². The Labute approximate surface area is 207 Å². The molecule has 36 heavy (non-hydrogen) atoms. The molecule has 2 aliphatic heterocycles. The number of ether oxygens (including phenoxy) is 2. The molecule has 3 aromatic rings. The van der Waals surface area contributed by atoms with Gasteiger partial charge in [-0.15, -0.1) is 0 Å². The van der Waals surface area contributed by atoms with Gasteiger partial charge in [0.2, 0.25) is 6.79 Å². The van der Waals surface area contributed by atoms with Crippen molar-refractivity contribution in [1.29, 1.82) is 0 Å². The summed E-state index contributed by atoms with van der Waals surface area (Å²) in [6.45, 7) is 1.38. The maximum atomic E-state index is 13.1. The fourth-order valence-corrected chi connectivity index (χ4v) is 4.24. The van der Waals surface area contributed by atoms with Crippen molar-refractivity contribution in [2.45, 2.75) is 18.9 Å². The lowest BCUT2D eigenvalue weighted by Crippen LogP contribution is -2.46. The first-order chi connectivity index (χ1) is 17.3. The van der Waals surface area contributed by atoms with E-state index in [-0.39, 0.29) is 19.1 Å². The number of imide groups is 1. The van der Waals surface area contributed by atoms with E-state index in [1.165, 1.54) is 0 Å². The van der Waals surface area contributed by atoms with Gasteiger partial charge in [0.15, 0.2) is 17.3 Å². The van der Waals surface area contributed by atoms with Crippen molar-refractivity contribution in [3.8, 4) is 11.5 Å². The minimum atomic E-state index is -1.20. The van der Waals surface area contributed by atoms with E-state index in [1.54, 1.807) is 67.6 Å². The number of urea groups is 1. The SMILES string of the molecule is CC1(Cc2ccc3c(c2)OCO3)NC(=O)N(CC(=O)c2ccc(NC(=O)c3ccccc3)cc2)C1=O. The standard InChI is InChI=1S/C27H23N3O6/c1-27(14-17-7-12-22-23(13-17)36-16-35-22)25(33)30(26(34)29-27)15-21(31)18-8-10-20(11-9-18)28-24(32)19-5-3-2-4-6-19/h2-13H,14-16H2,1H3,(H,28,32)(H,29,34). The molecule has 0 saturated carbocycles. The summed E-state index contributed by atoms with van der Waals surface area (Å²) in [4.78, 5) is 51.8. The minimum Gasteiger partial charge on any atom is -0.454 e. The molecule has 4 amide bonds. The zero-order chi connectivity index (χ0) is 25.3. The molecule has 1 saturated heterocycles. The van der Waals surface area contributed by atoms with Crippen LogP contribution in [0.5, 0.6) is 11.5 Å². The van der Waals surface area contributed by atoms with Crippen molar-refractivity contribution in [2.24, 2.45) is 0 Å². The van der Waals surface area contributed by atoms with Crippen molar-refractivity contribution in [2.75, 3.05) is 18.7 Å². The lowest BCUT2D eigenvalue weighted by molar-refractivity contribution is -0.130. The average Bonchev–Trinajstić information content (AvgIpc) is 3.42. The van der Waals surface area contributed by atoms with Crippen LogP contribution in [0.1, 0.15) is 33.2 Å². The molecular weight excluding hydrogens is 462 g/mol. The van der Waals surface area contributed by atoms with Gasteiger partial charge < -0.3 is 20.1 Å². The third-order valence-corrected chi connectivity index (χ3v) is 6.14. The van der Waals surface area contributed by atoms with Crippen LogP contribution < -0.4 is 20.1 Å². The smallest absolute Gasteiger partial charge is 0.325 e. The van der Waals surface area contributed by atoms with Crippen LogP contribution in [-0.2, 0) is 11.2 Å². The number of benzene rings is 3. The van der Waals surface area contributed by atoms with Crippen molar-refractivity contribution in [1.82, 2.24) is 10.2 Å². The molecule has 2 aliphatic rings. The summed E-state index contributed by atoms with van der Waals surface area (Å²) in [6, 6.07) is 19.8. The molecule has 1 atom stereocenters. The number of fused-ring (bicyclic) bond motifs is 1. The van der Waals surface area contributed by atoms with Gasteiger partial charge >= 0.3 is 6.03 Å². The van der Waals surface area contributed by atoms with E-state index in [0.717, 1.165) is 10.5 Å². The van der Waals surface area contributed by atoms with Gasteiger partial charge in [-0.3, -0.25) is 19.3 Å². The third kappa shape index (κ3) is 4.50. The van der Waals surface area contributed by atoms with Crippen LogP contribution in [0.3, 0.4) is 0 Å². The predicted molar refractivity (Wildman–Crippen MR) is 130 cm³/mol. The lowest BCUT2D eigenvalue weighted by Gasteiger charge is -2.21. The molecule has 1 unspecified atom stereocenters. The van der Waals surface area contributed by atoms with Gasteiger partial charge in [-0.2, -0.15) is 0 Å². The molecule has 0 aromatic heterocycles. The van der Waals surface area contributed by atoms with Crippen LogP contribution in [0.15, 0.2) is 72.8 Å². The molecule has 3 aromatic carbocycles. The summed E-state index contributed by atoms with van der Waals surface area (Å²) in [6.07, 6.45) is 0.231. The molecule has 1 fully saturated rings. The fourth-order valence-electron chi connectivity index (χ4n) is 4.24. The van der Waals surface area contributed by atoms with Crippen molar-refractivity contribution < 1.29 is 28.7 Å². The fraction of sp³-hybridized carbons (Fsp3) is 0.185. The number of rotatable bonds is 7. The zero-order valence-electron chi connectivity index (χ0n) is 19.4. The van der Waals surface area contributed by atoms with Crippen LogP contribution >= 0.6 is 0 Å². The second-order valence-corrected chi connectivity index (χ2v) is 8.84. The van der Waals surface area contributed by atoms with Crippen LogP contribution in [0, 0.1) is 0 Å². The van der Waals surface area contributed by atoms with Crippen molar-refractivity contribution >= 4 is 29.3 Å². The van der Waals surface area contributed by atoms with E-state index in [9.17, 15) is 19.2 Å². The molecule has 0 radical (unpaired) electrons. The third-order valence-electron chi connectivity index (χ3n) is 6.14. The highest BCUT2D eigenvalue weighted by Crippen LogP contribution is 2.34. The number of anilines is 1. The summed E-state index contributed by atoms with van der Waals surface area (Å²) >= 11 is 0. The molecule has 0 bridgehead atoms. The molecule has 9 nitrogen and oxygen atoms in total. The Morgan fingerprint density at radius 3 is 2.42 bits per heavy atom. The highest BCUT2D eigenvalue weighted by atomic mass is 16.7. The second-order valence-electron chi connectivity index (χ2n) is 8.84. The van der Waals surface area contributed by atoms with E-state index in [0.29, 0.717) is 28.3 Å². The molecule has 0 aliphatic carbocycles. The number of carbonyl (C=O) groups is 4. The number of nitrogens with zero attached hydrogens (tertiary/aromatic N) is 1.